The van der Waals surface area contributed by atoms with E-state index in [2.05, 4.69) is 27.1 Å². The standard InChI is InChI=1S/C24H23N5O4S/c1-26-24(22(31)33-3,14-29-12-16-4-5-18(32-2)9-19(16)21(29)30)7-6-15-8-17(11-27-10-15)20-13-34-23(25)28-20/h4-5,8-11,13,26H,12,14H2,1-3H3,(H2,25,28)/t24-/m1/s1. The number of rotatable bonds is 6. The smallest absolute Gasteiger partial charge is 0.340 e. The molecule has 1 amide bonds. The summed E-state index contributed by atoms with van der Waals surface area (Å²) in [6.07, 6.45) is 3.26. The van der Waals surface area contributed by atoms with Crippen molar-refractivity contribution in [3.05, 3.63) is 58.7 Å². The summed E-state index contributed by atoms with van der Waals surface area (Å²) in [6, 6.07) is 7.16. The molecule has 9 nitrogen and oxygen atoms in total. The Morgan fingerprint density at radius 3 is 2.82 bits per heavy atom. The number of nitrogens with two attached hydrogens (primary N) is 1. The average molecular weight is 478 g/mol. The Kier molecular flexibility index (Phi) is 6.49. The number of thiazole rings is 1. The number of anilines is 1. The summed E-state index contributed by atoms with van der Waals surface area (Å²) >= 11 is 1.33. The van der Waals surface area contributed by atoms with Crippen molar-refractivity contribution in [1.82, 2.24) is 20.2 Å². The van der Waals surface area contributed by atoms with Crippen LogP contribution in [0.15, 0.2) is 42.0 Å². The molecule has 0 spiro atoms. The highest BCUT2D eigenvalue weighted by Gasteiger charge is 2.42. The van der Waals surface area contributed by atoms with Crippen LogP contribution in [0.3, 0.4) is 0 Å². The van der Waals surface area contributed by atoms with Crippen molar-refractivity contribution in [2.24, 2.45) is 0 Å². The summed E-state index contributed by atoms with van der Waals surface area (Å²) in [5, 5.41) is 5.26. The van der Waals surface area contributed by atoms with Gasteiger partial charge in [-0.25, -0.2) is 9.78 Å². The number of esters is 1. The molecular formula is C24H23N5O4S. The number of hydrogen-bond donors (Lipinski definition) is 2. The van der Waals surface area contributed by atoms with Crippen molar-refractivity contribution < 1.29 is 19.1 Å². The second-order valence-electron chi connectivity index (χ2n) is 7.61. The average Bonchev–Trinajstić information content (AvgIpc) is 3.44. The van der Waals surface area contributed by atoms with Gasteiger partial charge in [-0.2, -0.15) is 0 Å². The number of carbonyl (C=O) groups is 2. The first-order valence-corrected chi connectivity index (χ1v) is 11.2. The van der Waals surface area contributed by atoms with Gasteiger partial charge in [-0.1, -0.05) is 17.9 Å². The van der Waals surface area contributed by atoms with Gasteiger partial charge in [-0.05, 0) is 30.8 Å². The molecule has 174 valence electrons. The molecule has 1 aromatic carbocycles. The van der Waals surface area contributed by atoms with Crippen molar-refractivity contribution in [3.63, 3.8) is 0 Å². The number of nitrogens with one attached hydrogen (secondary N) is 1. The molecule has 34 heavy (non-hydrogen) atoms. The number of fused-ring (bicyclic) bond motifs is 1. The number of nitrogens with zero attached hydrogens (tertiary/aromatic N) is 3. The Morgan fingerprint density at radius 2 is 2.15 bits per heavy atom. The fourth-order valence-electron chi connectivity index (χ4n) is 3.70. The molecule has 0 unspecified atom stereocenters. The van der Waals surface area contributed by atoms with Gasteiger partial charge in [0.25, 0.3) is 5.91 Å². The minimum atomic E-state index is -1.45. The van der Waals surface area contributed by atoms with E-state index in [0.29, 0.717) is 34.2 Å². The molecule has 4 rings (SSSR count). The number of pyridine rings is 1. The molecule has 0 saturated heterocycles. The van der Waals surface area contributed by atoms with Crippen LogP contribution in [0.1, 0.15) is 21.5 Å². The number of aromatic nitrogens is 2. The molecule has 10 heteroatoms. The van der Waals surface area contributed by atoms with Gasteiger partial charge in [0, 0.05) is 41.0 Å². The number of amides is 1. The van der Waals surface area contributed by atoms with Crippen LogP contribution in [-0.2, 0) is 16.1 Å². The van der Waals surface area contributed by atoms with Gasteiger partial charge < -0.3 is 20.1 Å². The number of carbonyl (C=O) groups excluding carboxylic acids is 2. The van der Waals surface area contributed by atoms with E-state index in [0.717, 1.165) is 11.1 Å². The first-order valence-electron chi connectivity index (χ1n) is 10.3. The van der Waals surface area contributed by atoms with E-state index in [1.165, 1.54) is 18.4 Å². The van der Waals surface area contributed by atoms with E-state index in [-0.39, 0.29) is 12.5 Å². The summed E-state index contributed by atoms with van der Waals surface area (Å²) in [4.78, 5) is 36.0. The molecule has 3 N–H and O–H groups in total. The van der Waals surface area contributed by atoms with Crippen LogP contribution in [-0.4, -0.2) is 60.1 Å². The third kappa shape index (κ3) is 4.44. The second-order valence-corrected chi connectivity index (χ2v) is 8.50. The summed E-state index contributed by atoms with van der Waals surface area (Å²) < 4.78 is 10.3. The van der Waals surface area contributed by atoms with Crippen LogP contribution >= 0.6 is 11.3 Å². The Balaban J connectivity index is 1.64. The van der Waals surface area contributed by atoms with Crippen molar-refractivity contribution in [2.45, 2.75) is 12.1 Å². The van der Waals surface area contributed by atoms with Crippen LogP contribution in [0.25, 0.3) is 11.3 Å². The highest BCUT2D eigenvalue weighted by atomic mass is 32.1. The Morgan fingerprint density at radius 1 is 1.32 bits per heavy atom. The number of benzene rings is 1. The van der Waals surface area contributed by atoms with Gasteiger partial charge in [0.05, 0.1) is 26.5 Å². The third-order valence-electron chi connectivity index (χ3n) is 5.56. The van der Waals surface area contributed by atoms with Crippen molar-refractivity contribution in [3.8, 4) is 28.8 Å². The quantitative estimate of drug-likeness (QED) is 0.408. The minimum absolute atomic E-state index is 0.00522. The Labute approximate surface area is 200 Å². The molecule has 0 bridgehead atoms. The Bertz CT molecular complexity index is 1310. The van der Waals surface area contributed by atoms with Crippen LogP contribution < -0.4 is 15.8 Å². The zero-order chi connectivity index (χ0) is 24.3. The zero-order valence-electron chi connectivity index (χ0n) is 18.9. The van der Waals surface area contributed by atoms with E-state index in [9.17, 15) is 9.59 Å². The lowest BCUT2D eigenvalue weighted by molar-refractivity contribution is -0.146. The van der Waals surface area contributed by atoms with E-state index >= 15 is 0 Å². The van der Waals surface area contributed by atoms with Gasteiger partial charge in [-0.3, -0.25) is 15.1 Å². The molecule has 2 aromatic heterocycles. The highest BCUT2D eigenvalue weighted by molar-refractivity contribution is 7.13. The fourth-order valence-corrected chi connectivity index (χ4v) is 4.27. The maximum atomic E-state index is 13.1. The van der Waals surface area contributed by atoms with Crippen molar-refractivity contribution >= 4 is 28.3 Å². The third-order valence-corrected chi connectivity index (χ3v) is 6.23. The number of methoxy groups -OCH3 is 2. The lowest BCUT2D eigenvalue weighted by atomic mass is 9.99. The predicted molar refractivity (Wildman–Crippen MR) is 128 cm³/mol. The van der Waals surface area contributed by atoms with Gasteiger partial charge in [0.2, 0.25) is 0 Å². The highest BCUT2D eigenvalue weighted by Crippen LogP contribution is 2.28. The van der Waals surface area contributed by atoms with E-state index in [1.807, 2.05) is 17.5 Å². The normalized spacial score (nSPS) is 14.1. The maximum Gasteiger partial charge on any atom is 0.340 e. The first kappa shape index (κ1) is 23.2. The van der Waals surface area contributed by atoms with Crippen LogP contribution in [0.4, 0.5) is 5.13 Å². The molecule has 0 aliphatic carbocycles. The maximum absolute atomic E-state index is 13.1. The summed E-state index contributed by atoms with van der Waals surface area (Å²) in [6.45, 7) is 0.345. The molecule has 3 aromatic rings. The Hall–Kier alpha value is -3.94. The lowest BCUT2D eigenvalue weighted by Crippen LogP contribution is -2.57. The number of ether oxygens (including phenoxy) is 2. The lowest BCUT2D eigenvalue weighted by Gasteiger charge is -2.30. The van der Waals surface area contributed by atoms with Gasteiger partial charge in [0.15, 0.2) is 10.7 Å². The monoisotopic (exact) mass is 477 g/mol. The molecule has 1 aliphatic rings. The van der Waals surface area contributed by atoms with Gasteiger partial charge >= 0.3 is 5.97 Å². The summed E-state index contributed by atoms with van der Waals surface area (Å²) in [7, 11) is 4.44. The molecule has 1 atom stereocenters. The van der Waals surface area contributed by atoms with Crippen LogP contribution in [0.5, 0.6) is 5.75 Å². The summed E-state index contributed by atoms with van der Waals surface area (Å²) in [5.74, 6) is 5.79. The first-order chi connectivity index (χ1) is 16.4. The fraction of sp³-hybridized carbons (Fsp3) is 0.250. The predicted octanol–water partition coefficient (Wildman–Crippen LogP) is 1.93. The molecular weight excluding hydrogens is 454 g/mol. The van der Waals surface area contributed by atoms with Gasteiger partial charge in [-0.15, -0.1) is 11.3 Å². The molecule has 0 fully saturated rings. The molecule has 1 aliphatic heterocycles. The number of nitrogen functional groups attached to an aromatic ring is 1. The topological polar surface area (TPSA) is 120 Å². The van der Waals surface area contributed by atoms with Crippen LogP contribution in [0.2, 0.25) is 0 Å². The largest absolute Gasteiger partial charge is 0.497 e. The summed E-state index contributed by atoms with van der Waals surface area (Å²) in [5.41, 5.74) is 7.71. The molecule has 3 heterocycles. The van der Waals surface area contributed by atoms with Gasteiger partial charge in [0.1, 0.15) is 5.75 Å². The zero-order valence-corrected chi connectivity index (χ0v) is 19.7. The van der Waals surface area contributed by atoms with Crippen molar-refractivity contribution in [2.75, 3.05) is 33.5 Å². The van der Waals surface area contributed by atoms with Crippen molar-refractivity contribution in [1.29, 1.82) is 0 Å². The van der Waals surface area contributed by atoms with Crippen LogP contribution in [0, 0.1) is 11.8 Å². The molecule has 0 saturated carbocycles. The van der Waals surface area contributed by atoms with E-state index < -0.39 is 11.5 Å². The van der Waals surface area contributed by atoms with E-state index in [1.54, 1.807) is 43.6 Å². The number of hydrogen-bond acceptors (Lipinski definition) is 9. The molecule has 0 radical (unpaired) electrons. The SMILES string of the molecule is CN[C@](C#Cc1cncc(-c2csc(N)n2)c1)(CN1Cc2ccc(OC)cc2C1=O)C(=O)OC. The van der Waals surface area contributed by atoms with E-state index in [4.69, 9.17) is 15.2 Å². The number of likely N-dealkylation sites (N-methyl/N-ethyl adjacent to an activating group) is 1. The minimum Gasteiger partial charge on any atom is -0.497 e. The second kappa shape index (κ2) is 9.51.